The van der Waals surface area contributed by atoms with Gasteiger partial charge in [-0.15, -0.1) is 0 Å². The maximum Gasteiger partial charge on any atom is 0.414 e. The normalized spacial score (nSPS) is 19.4. The van der Waals surface area contributed by atoms with Crippen LogP contribution in [-0.2, 0) is 9.47 Å². The van der Waals surface area contributed by atoms with Crippen molar-refractivity contribution < 1.29 is 23.5 Å². The van der Waals surface area contributed by atoms with Crippen molar-refractivity contribution in [3.05, 3.63) is 24.0 Å². The number of hydrogen-bond acceptors (Lipinski definition) is 6. The zero-order valence-corrected chi connectivity index (χ0v) is 16.2. The lowest BCUT2D eigenvalue weighted by atomic mass is 10.2. The van der Waals surface area contributed by atoms with Crippen LogP contribution in [0, 0.1) is 5.82 Å². The molecule has 1 aromatic rings. The molecule has 11 heteroatoms. The predicted octanol–water partition coefficient (Wildman–Crippen LogP) is 0.872. The molecule has 0 bridgehead atoms. The summed E-state index contributed by atoms with van der Waals surface area (Å²) in [7, 11) is 1.33. The third kappa shape index (κ3) is 4.35. The third-order valence-corrected chi connectivity index (χ3v) is 4.82. The number of rotatable bonds is 4. The Bertz CT molecular complexity index is 772. The van der Waals surface area contributed by atoms with Crippen molar-refractivity contribution in [3.8, 4) is 0 Å². The highest BCUT2D eigenvalue weighted by atomic mass is 32.1. The summed E-state index contributed by atoms with van der Waals surface area (Å²) in [6, 6.07) is 4.62. The second kappa shape index (κ2) is 8.46. The molecule has 1 unspecified atom stereocenters. The van der Waals surface area contributed by atoms with Crippen LogP contribution in [0.25, 0.3) is 0 Å². The maximum absolute atomic E-state index is 14.7. The van der Waals surface area contributed by atoms with Crippen LogP contribution in [0.4, 0.5) is 25.4 Å². The van der Waals surface area contributed by atoms with Crippen molar-refractivity contribution in [2.24, 2.45) is 5.73 Å². The molecule has 0 aromatic heterocycles. The highest BCUT2D eigenvalue weighted by molar-refractivity contribution is 7.80. The maximum atomic E-state index is 14.7. The van der Waals surface area contributed by atoms with Gasteiger partial charge in [-0.3, -0.25) is 4.90 Å². The monoisotopic (exact) mass is 411 g/mol. The Morgan fingerprint density at radius 2 is 2.11 bits per heavy atom. The number of nitrogens with one attached hydrogen (secondary N) is 1. The van der Waals surface area contributed by atoms with E-state index in [-0.39, 0.29) is 17.8 Å². The average Bonchev–Trinajstić information content (AvgIpc) is 3.06. The molecule has 152 valence electrons. The average molecular weight is 411 g/mol. The van der Waals surface area contributed by atoms with Crippen molar-refractivity contribution >= 4 is 40.9 Å². The minimum absolute atomic E-state index is 0.122. The molecule has 0 saturated carbocycles. The van der Waals surface area contributed by atoms with Crippen LogP contribution in [0.2, 0.25) is 0 Å². The van der Waals surface area contributed by atoms with E-state index in [9.17, 15) is 14.0 Å². The summed E-state index contributed by atoms with van der Waals surface area (Å²) < 4.78 is 24.7. The number of nitrogens with zero attached hydrogens (tertiary/aromatic N) is 3. The van der Waals surface area contributed by atoms with Crippen LogP contribution in [0.3, 0.4) is 0 Å². The van der Waals surface area contributed by atoms with Crippen LogP contribution in [0.5, 0.6) is 0 Å². The molecule has 0 radical (unpaired) electrons. The van der Waals surface area contributed by atoms with E-state index in [0.717, 1.165) is 0 Å². The second-order valence-electron chi connectivity index (χ2n) is 6.44. The number of ether oxygens (including phenoxy) is 2. The van der Waals surface area contributed by atoms with Crippen LogP contribution >= 0.6 is 12.2 Å². The first-order valence-electron chi connectivity index (χ1n) is 8.78. The molecule has 2 heterocycles. The topological polar surface area (TPSA) is 100 Å². The molecule has 3 rings (SSSR count). The van der Waals surface area contributed by atoms with Crippen LogP contribution in [0.15, 0.2) is 18.2 Å². The molecule has 2 fully saturated rings. The molecule has 28 heavy (non-hydrogen) atoms. The second-order valence-corrected chi connectivity index (χ2v) is 6.88. The number of benzene rings is 1. The zero-order valence-electron chi connectivity index (χ0n) is 15.4. The lowest BCUT2D eigenvalue weighted by Crippen LogP contribution is -2.49. The fourth-order valence-electron chi connectivity index (χ4n) is 3.23. The number of halogens is 1. The molecule has 2 saturated heterocycles. The van der Waals surface area contributed by atoms with Gasteiger partial charge < -0.3 is 30.3 Å². The summed E-state index contributed by atoms with van der Waals surface area (Å²) in [6.45, 7) is 2.44. The molecule has 3 N–H and O–H groups in total. The zero-order chi connectivity index (χ0) is 20.3. The Hall–Kier alpha value is -2.82. The number of thiocarbonyl (C=S) groups is 1. The van der Waals surface area contributed by atoms with Crippen molar-refractivity contribution in [3.63, 3.8) is 0 Å². The van der Waals surface area contributed by atoms with Crippen molar-refractivity contribution in [2.45, 2.75) is 6.10 Å². The molecule has 0 aliphatic carbocycles. The van der Waals surface area contributed by atoms with E-state index < -0.39 is 18.0 Å². The number of cyclic esters (lactones) is 1. The minimum atomic E-state index is -0.548. The van der Waals surface area contributed by atoms with E-state index in [1.807, 2.05) is 4.90 Å². The van der Waals surface area contributed by atoms with Crippen molar-refractivity contribution in [2.75, 3.05) is 56.2 Å². The van der Waals surface area contributed by atoms with Crippen LogP contribution < -0.4 is 20.9 Å². The number of methoxy groups -OCH3 is 1. The molecule has 1 atom stereocenters. The van der Waals surface area contributed by atoms with Gasteiger partial charge in [-0.05, 0) is 30.4 Å². The Kier molecular flexibility index (Phi) is 6.02. The first-order chi connectivity index (χ1) is 13.4. The molecule has 2 aliphatic rings. The van der Waals surface area contributed by atoms with Gasteiger partial charge in [-0.2, -0.15) is 0 Å². The summed E-state index contributed by atoms with van der Waals surface area (Å²) in [5, 5.41) is 2.87. The number of carbonyl (C=O) groups is 2. The summed E-state index contributed by atoms with van der Waals surface area (Å²) in [5.41, 5.74) is 6.21. The molecular formula is C17H22FN5O4S. The van der Waals surface area contributed by atoms with Gasteiger partial charge in [0.2, 0.25) is 0 Å². The van der Waals surface area contributed by atoms with Crippen molar-refractivity contribution in [1.29, 1.82) is 0 Å². The van der Waals surface area contributed by atoms with Crippen molar-refractivity contribution in [1.82, 2.24) is 10.2 Å². The van der Waals surface area contributed by atoms with Gasteiger partial charge in [0.1, 0.15) is 11.9 Å². The van der Waals surface area contributed by atoms with Gasteiger partial charge in [0, 0.05) is 26.2 Å². The quantitative estimate of drug-likeness (QED) is 0.704. The molecule has 9 nitrogen and oxygen atoms in total. The van der Waals surface area contributed by atoms with Gasteiger partial charge in [-0.25, -0.2) is 14.0 Å². The summed E-state index contributed by atoms with van der Waals surface area (Å²) in [5.74, 6) is -0.443. The molecule has 2 aliphatic heterocycles. The molecule has 0 spiro atoms. The molecule has 1 aromatic carbocycles. The van der Waals surface area contributed by atoms with Crippen LogP contribution in [0.1, 0.15) is 0 Å². The lowest BCUT2D eigenvalue weighted by molar-refractivity contribution is 0.121. The Labute approximate surface area is 167 Å². The Morgan fingerprint density at radius 3 is 2.71 bits per heavy atom. The smallest absolute Gasteiger partial charge is 0.414 e. The van der Waals surface area contributed by atoms with Gasteiger partial charge in [-0.1, -0.05) is 0 Å². The van der Waals surface area contributed by atoms with E-state index >= 15 is 0 Å². The number of carbonyl (C=O) groups excluding carboxylic acids is 2. The Morgan fingerprint density at radius 1 is 1.39 bits per heavy atom. The summed E-state index contributed by atoms with van der Waals surface area (Å²) in [6.07, 6.45) is -1.36. The van der Waals surface area contributed by atoms with E-state index in [0.29, 0.717) is 44.1 Å². The highest BCUT2D eigenvalue weighted by Crippen LogP contribution is 2.28. The van der Waals surface area contributed by atoms with Crippen LogP contribution in [-0.4, -0.2) is 74.7 Å². The predicted molar refractivity (Wildman–Crippen MR) is 105 cm³/mol. The minimum Gasteiger partial charge on any atom is -0.453 e. The number of anilines is 2. The number of nitrogens with two attached hydrogens (primary N) is 1. The van der Waals surface area contributed by atoms with E-state index in [1.54, 1.807) is 17.0 Å². The fraction of sp³-hybridized carbons (Fsp3) is 0.471. The highest BCUT2D eigenvalue weighted by Gasteiger charge is 2.33. The molecular weight excluding hydrogens is 389 g/mol. The lowest BCUT2D eigenvalue weighted by Gasteiger charge is -2.35. The largest absolute Gasteiger partial charge is 0.453 e. The number of amides is 2. The van der Waals surface area contributed by atoms with Gasteiger partial charge in [0.05, 0.1) is 31.6 Å². The van der Waals surface area contributed by atoms with Gasteiger partial charge in [0.15, 0.2) is 5.11 Å². The number of hydrogen-bond donors (Lipinski definition) is 2. The molecule has 2 amide bonds. The standard InChI is InChI=1S/C17H22FN5O4S/c1-26-16(24)22-6-4-21(5-7-22)14-3-2-11(8-13(14)18)23-10-12(27-17(23)25)9-20-15(19)28/h2-3,8,12H,4-7,9-10H2,1H3,(H3,19,20,28). The van der Waals surface area contributed by atoms with E-state index in [4.69, 9.17) is 27.4 Å². The first kappa shape index (κ1) is 19.9. The summed E-state index contributed by atoms with van der Waals surface area (Å²) >= 11 is 4.73. The number of piperazine rings is 1. The Balaban J connectivity index is 1.64. The van der Waals surface area contributed by atoms with E-state index in [2.05, 4.69) is 5.32 Å². The SMILES string of the molecule is COC(=O)N1CCN(c2ccc(N3CC(CNC(N)=S)OC3=O)cc2F)CC1. The first-order valence-corrected chi connectivity index (χ1v) is 9.18. The van der Waals surface area contributed by atoms with E-state index in [1.165, 1.54) is 18.1 Å². The summed E-state index contributed by atoms with van der Waals surface area (Å²) in [4.78, 5) is 28.4. The fourth-order valence-corrected chi connectivity index (χ4v) is 3.32. The third-order valence-electron chi connectivity index (χ3n) is 4.67. The van der Waals surface area contributed by atoms with Gasteiger partial charge in [0.25, 0.3) is 0 Å². The van der Waals surface area contributed by atoms with Gasteiger partial charge >= 0.3 is 12.2 Å².